The number of rotatable bonds is 7. The fourth-order valence-electron chi connectivity index (χ4n) is 1.54. The molecule has 0 aliphatic carbocycles. The number of nitrogens with one attached hydrogen (secondary N) is 1. The standard InChI is InChI=1S/C13H21NO2/c1-11(15)5-4-8-14-10-12-6-3-7-13(9-12)16-2/h3,6-7,9,11,14-15H,4-5,8,10H2,1-2H3. The normalized spacial score (nSPS) is 12.4. The summed E-state index contributed by atoms with van der Waals surface area (Å²) in [5.41, 5.74) is 1.22. The highest BCUT2D eigenvalue weighted by Gasteiger charge is 1.97. The monoisotopic (exact) mass is 223 g/mol. The zero-order chi connectivity index (χ0) is 11.8. The fraction of sp³-hybridized carbons (Fsp3) is 0.538. The van der Waals surface area contributed by atoms with E-state index in [0.717, 1.165) is 31.7 Å². The van der Waals surface area contributed by atoms with Crippen LogP contribution in [-0.2, 0) is 6.54 Å². The van der Waals surface area contributed by atoms with E-state index in [1.807, 2.05) is 25.1 Å². The molecule has 0 aliphatic heterocycles. The van der Waals surface area contributed by atoms with Gasteiger partial charge in [0.1, 0.15) is 5.75 Å². The number of ether oxygens (including phenoxy) is 1. The van der Waals surface area contributed by atoms with E-state index in [1.54, 1.807) is 7.11 Å². The summed E-state index contributed by atoms with van der Waals surface area (Å²) < 4.78 is 5.15. The van der Waals surface area contributed by atoms with Crippen molar-refractivity contribution >= 4 is 0 Å². The first-order valence-corrected chi connectivity index (χ1v) is 5.74. The van der Waals surface area contributed by atoms with Gasteiger partial charge in [0, 0.05) is 6.54 Å². The maximum absolute atomic E-state index is 9.09. The average Bonchev–Trinajstić information content (AvgIpc) is 2.28. The predicted octanol–water partition coefficient (Wildman–Crippen LogP) is 1.95. The molecule has 1 unspecified atom stereocenters. The van der Waals surface area contributed by atoms with Crippen molar-refractivity contribution in [1.29, 1.82) is 0 Å². The van der Waals surface area contributed by atoms with E-state index in [2.05, 4.69) is 11.4 Å². The van der Waals surface area contributed by atoms with Crippen LogP contribution < -0.4 is 10.1 Å². The van der Waals surface area contributed by atoms with Crippen LogP contribution in [0.15, 0.2) is 24.3 Å². The molecule has 0 bridgehead atoms. The van der Waals surface area contributed by atoms with Crippen LogP contribution in [0.25, 0.3) is 0 Å². The Balaban J connectivity index is 2.21. The zero-order valence-electron chi connectivity index (χ0n) is 10.1. The minimum absolute atomic E-state index is 0.196. The highest BCUT2D eigenvalue weighted by molar-refractivity contribution is 5.28. The van der Waals surface area contributed by atoms with Gasteiger partial charge in [-0.1, -0.05) is 12.1 Å². The van der Waals surface area contributed by atoms with Crippen molar-refractivity contribution in [2.75, 3.05) is 13.7 Å². The lowest BCUT2D eigenvalue weighted by atomic mass is 10.2. The van der Waals surface area contributed by atoms with Gasteiger partial charge in [-0.3, -0.25) is 0 Å². The summed E-state index contributed by atoms with van der Waals surface area (Å²) in [7, 11) is 1.68. The average molecular weight is 223 g/mol. The smallest absolute Gasteiger partial charge is 0.119 e. The van der Waals surface area contributed by atoms with Gasteiger partial charge in [0.25, 0.3) is 0 Å². The lowest BCUT2D eigenvalue weighted by Gasteiger charge is -2.07. The highest BCUT2D eigenvalue weighted by atomic mass is 16.5. The Morgan fingerprint density at radius 1 is 1.44 bits per heavy atom. The maximum atomic E-state index is 9.09. The molecular formula is C13H21NO2. The van der Waals surface area contributed by atoms with E-state index in [4.69, 9.17) is 9.84 Å². The van der Waals surface area contributed by atoms with Crippen LogP contribution >= 0.6 is 0 Å². The predicted molar refractivity (Wildman–Crippen MR) is 65.6 cm³/mol. The molecule has 16 heavy (non-hydrogen) atoms. The molecule has 3 nitrogen and oxygen atoms in total. The van der Waals surface area contributed by atoms with Crippen molar-refractivity contribution in [3.8, 4) is 5.75 Å². The van der Waals surface area contributed by atoms with Gasteiger partial charge in [0.05, 0.1) is 13.2 Å². The van der Waals surface area contributed by atoms with Gasteiger partial charge in [-0.15, -0.1) is 0 Å². The third kappa shape index (κ3) is 5.14. The van der Waals surface area contributed by atoms with Gasteiger partial charge in [0.15, 0.2) is 0 Å². The molecule has 2 N–H and O–H groups in total. The molecule has 90 valence electrons. The van der Waals surface area contributed by atoms with E-state index < -0.39 is 0 Å². The van der Waals surface area contributed by atoms with Gasteiger partial charge < -0.3 is 15.2 Å². The van der Waals surface area contributed by atoms with E-state index in [9.17, 15) is 0 Å². The van der Waals surface area contributed by atoms with Crippen LogP contribution in [0.4, 0.5) is 0 Å². The van der Waals surface area contributed by atoms with E-state index in [1.165, 1.54) is 5.56 Å². The van der Waals surface area contributed by atoms with Crippen molar-refractivity contribution in [1.82, 2.24) is 5.32 Å². The van der Waals surface area contributed by atoms with Crippen molar-refractivity contribution in [3.63, 3.8) is 0 Å². The molecule has 0 radical (unpaired) electrons. The summed E-state index contributed by atoms with van der Waals surface area (Å²) in [6.07, 6.45) is 1.66. The first-order valence-electron chi connectivity index (χ1n) is 5.74. The minimum Gasteiger partial charge on any atom is -0.497 e. The molecule has 3 heteroatoms. The number of methoxy groups -OCH3 is 1. The SMILES string of the molecule is COc1cccc(CNCCCC(C)O)c1. The molecule has 0 fully saturated rings. The third-order valence-electron chi connectivity index (χ3n) is 2.44. The zero-order valence-corrected chi connectivity index (χ0v) is 10.1. The second-order valence-electron chi connectivity index (χ2n) is 4.02. The second kappa shape index (κ2) is 7.25. The van der Waals surface area contributed by atoms with Crippen molar-refractivity contribution in [3.05, 3.63) is 29.8 Å². The molecular weight excluding hydrogens is 202 g/mol. The van der Waals surface area contributed by atoms with Gasteiger partial charge in [-0.05, 0) is 44.0 Å². The highest BCUT2D eigenvalue weighted by Crippen LogP contribution is 2.12. The lowest BCUT2D eigenvalue weighted by molar-refractivity contribution is 0.181. The van der Waals surface area contributed by atoms with Crippen LogP contribution in [0.5, 0.6) is 5.75 Å². The maximum Gasteiger partial charge on any atom is 0.119 e. The molecule has 0 amide bonds. The summed E-state index contributed by atoms with van der Waals surface area (Å²) in [6.45, 7) is 3.60. The van der Waals surface area contributed by atoms with Crippen LogP contribution in [0, 0.1) is 0 Å². The fourth-order valence-corrected chi connectivity index (χ4v) is 1.54. The quantitative estimate of drug-likeness (QED) is 0.694. The van der Waals surface area contributed by atoms with Crippen molar-refractivity contribution in [2.24, 2.45) is 0 Å². The van der Waals surface area contributed by atoms with Gasteiger partial charge in [-0.2, -0.15) is 0 Å². The molecule has 0 spiro atoms. The van der Waals surface area contributed by atoms with E-state index in [-0.39, 0.29) is 6.10 Å². The first-order chi connectivity index (χ1) is 7.72. The van der Waals surface area contributed by atoms with Gasteiger partial charge in [0.2, 0.25) is 0 Å². The molecule has 1 aromatic rings. The summed E-state index contributed by atoms with van der Waals surface area (Å²) in [5, 5.41) is 12.4. The number of benzene rings is 1. The summed E-state index contributed by atoms with van der Waals surface area (Å²) in [5.74, 6) is 0.892. The van der Waals surface area contributed by atoms with Crippen LogP contribution in [0.3, 0.4) is 0 Å². The van der Waals surface area contributed by atoms with Crippen molar-refractivity contribution in [2.45, 2.75) is 32.4 Å². The van der Waals surface area contributed by atoms with Crippen molar-refractivity contribution < 1.29 is 9.84 Å². The van der Waals surface area contributed by atoms with Crippen LogP contribution in [0.1, 0.15) is 25.3 Å². The van der Waals surface area contributed by atoms with E-state index in [0.29, 0.717) is 0 Å². The number of aliphatic hydroxyl groups excluding tert-OH is 1. The molecule has 0 saturated carbocycles. The molecule has 0 aromatic heterocycles. The van der Waals surface area contributed by atoms with Crippen LogP contribution in [-0.4, -0.2) is 24.9 Å². The largest absolute Gasteiger partial charge is 0.497 e. The number of hydrogen-bond donors (Lipinski definition) is 2. The van der Waals surface area contributed by atoms with E-state index >= 15 is 0 Å². The second-order valence-corrected chi connectivity index (χ2v) is 4.02. The Morgan fingerprint density at radius 2 is 2.25 bits per heavy atom. The summed E-state index contributed by atoms with van der Waals surface area (Å²) in [6, 6.07) is 8.04. The Morgan fingerprint density at radius 3 is 2.94 bits per heavy atom. The third-order valence-corrected chi connectivity index (χ3v) is 2.44. The van der Waals surface area contributed by atoms with Gasteiger partial charge >= 0.3 is 0 Å². The Hall–Kier alpha value is -1.06. The Bertz CT molecular complexity index is 300. The summed E-state index contributed by atoms with van der Waals surface area (Å²) in [4.78, 5) is 0. The first kappa shape index (κ1) is 13.0. The number of hydrogen-bond acceptors (Lipinski definition) is 3. The topological polar surface area (TPSA) is 41.5 Å². The van der Waals surface area contributed by atoms with Crippen LogP contribution in [0.2, 0.25) is 0 Å². The molecule has 0 saturated heterocycles. The minimum atomic E-state index is -0.196. The Kier molecular flexibility index (Phi) is 5.90. The summed E-state index contributed by atoms with van der Waals surface area (Å²) >= 11 is 0. The molecule has 1 aromatic carbocycles. The Labute approximate surface area is 97.4 Å². The molecule has 1 rings (SSSR count). The number of aliphatic hydroxyl groups is 1. The molecule has 1 atom stereocenters. The molecule has 0 aliphatic rings. The molecule has 0 heterocycles. The van der Waals surface area contributed by atoms with Gasteiger partial charge in [-0.25, -0.2) is 0 Å². The lowest BCUT2D eigenvalue weighted by Crippen LogP contribution is -2.16.